The molecule has 4 aliphatic rings. The molecule has 2 bridgehead atoms. The summed E-state index contributed by atoms with van der Waals surface area (Å²) in [5.74, 6) is 0.756. The molecule has 26 heavy (non-hydrogen) atoms. The summed E-state index contributed by atoms with van der Waals surface area (Å²) in [6.07, 6.45) is 6.24. The second-order valence-corrected chi connectivity index (χ2v) is 10.3. The van der Waals surface area contributed by atoms with Gasteiger partial charge in [-0.15, -0.1) is 0 Å². The normalized spacial score (nSPS) is 29.0. The van der Waals surface area contributed by atoms with Gasteiger partial charge >= 0.3 is 0 Å². The van der Waals surface area contributed by atoms with E-state index in [0.717, 1.165) is 32.2 Å². The van der Waals surface area contributed by atoms with Crippen molar-refractivity contribution >= 4 is 9.84 Å². The van der Waals surface area contributed by atoms with Crippen LogP contribution in [0.5, 0.6) is 0 Å². The highest BCUT2D eigenvalue weighted by Crippen LogP contribution is 2.31. The van der Waals surface area contributed by atoms with Crippen LogP contribution in [-0.4, -0.2) is 69.4 Å². The Hall–Kier alpha value is -0.950. The molecule has 0 aliphatic carbocycles. The highest BCUT2D eigenvalue weighted by atomic mass is 32.2. The first-order chi connectivity index (χ1) is 12.5. The summed E-state index contributed by atoms with van der Waals surface area (Å²) in [5.41, 5.74) is 1.21. The van der Waals surface area contributed by atoms with Crippen molar-refractivity contribution in [2.45, 2.75) is 49.2 Å². The molecule has 6 heteroatoms. The first-order valence-electron chi connectivity index (χ1n) is 9.84. The van der Waals surface area contributed by atoms with Crippen molar-refractivity contribution in [1.29, 1.82) is 0 Å². The molecule has 4 heterocycles. The van der Waals surface area contributed by atoms with E-state index in [-0.39, 0.29) is 0 Å². The molecule has 0 spiro atoms. The monoisotopic (exact) mass is 378 g/mol. The van der Waals surface area contributed by atoms with E-state index in [4.69, 9.17) is 4.74 Å². The molecule has 0 amide bonds. The molecular weight excluding hydrogens is 348 g/mol. The summed E-state index contributed by atoms with van der Waals surface area (Å²) < 4.78 is 28.8. The Morgan fingerprint density at radius 3 is 2.38 bits per heavy atom. The number of ether oxygens (including phenoxy) is 1. The fourth-order valence-corrected chi connectivity index (χ4v) is 5.46. The smallest absolute Gasteiger partial charge is 0.175 e. The Balaban J connectivity index is 1.43. The lowest BCUT2D eigenvalue weighted by Gasteiger charge is -2.37. The van der Waals surface area contributed by atoms with E-state index < -0.39 is 9.84 Å². The van der Waals surface area contributed by atoms with Gasteiger partial charge in [-0.25, -0.2) is 8.42 Å². The molecule has 1 aromatic carbocycles. The predicted octanol–water partition coefficient (Wildman–Crippen LogP) is 2.17. The summed E-state index contributed by atoms with van der Waals surface area (Å²) >= 11 is 0. The lowest BCUT2D eigenvalue weighted by atomic mass is 9.94. The maximum Gasteiger partial charge on any atom is 0.175 e. The molecule has 2 atom stereocenters. The Morgan fingerprint density at radius 2 is 1.69 bits per heavy atom. The van der Waals surface area contributed by atoms with Gasteiger partial charge in [0.25, 0.3) is 0 Å². The van der Waals surface area contributed by atoms with Gasteiger partial charge < -0.3 is 4.74 Å². The summed E-state index contributed by atoms with van der Waals surface area (Å²) in [4.78, 5) is 5.77. The number of nitrogens with zero attached hydrogens (tertiary/aromatic N) is 2. The Labute approximate surface area is 157 Å². The van der Waals surface area contributed by atoms with Crippen LogP contribution in [0.3, 0.4) is 0 Å². The minimum atomic E-state index is -3.12. The average molecular weight is 379 g/mol. The maximum atomic E-state index is 11.6. The van der Waals surface area contributed by atoms with Gasteiger partial charge in [0.15, 0.2) is 9.84 Å². The second-order valence-electron chi connectivity index (χ2n) is 8.24. The van der Waals surface area contributed by atoms with Crippen LogP contribution in [-0.2, 0) is 21.1 Å². The third-order valence-electron chi connectivity index (χ3n) is 6.30. The number of rotatable bonds is 4. The summed E-state index contributed by atoms with van der Waals surface area (Å²) in [7, 11) is -3.12. The largest absolute Gasteiger partial charge is 0.381 e. The van der Waals surface area contributed by atoms with Gasteiger partial charge in [-0.05, 0) is 49.3 Å². The van der Waals surface area contributed by atoms with Crippen molar-refractivity contribution < 1.29 is 13.2 Å². The number of hydrogen-bond donors (Lipinski definition) is 0. The number of benzene rings is 1. The van der Waals surface area contributed by atoms with Crippen LogP contribution < -0.4 is 0 Å². The van der Waals surface area contributed by atoms with Crippen molar-refractivity contribution in [1.82, 2.24) is 9.80 Å². The molecule has 0 saturated carbocycles. The lowest BCUT2D eigenvalue weighted by Crippen LogP contribution is -2.45. The van der Waals surface area contributed by atoms with Crippen molar-refractivity contribution in [3.8, 4) is 0 Å². The highest BCUT2D eigenvalue weighted by Gasteiger charge is 2.37. The molecule has 0 aromatic heterocycles. The molecule has 0 unspecified atom stereocenters. The van der Waals surface area contributed by atoms with E-state index in [2.05, 4.69) is 9.80 Å². The van der Waals surface area contributed by atoms with E-state index in [0.29, 0.717) is 17.0 Å². The summed E-state index contributed by atoms with van der Waals surface area (Å²) in [5, 5.41) is 0. The zero-order chi connectivity index (χ0) is 18.1. The predicted molar refractivity (Wildman–Crippen MR) is 102 cm³/mol. The van der Waals surface area contributed by atoms with Gasteiger partial charge in [-0.2, -0.15) is 0 Å². The van der Waals surface area contributed by atoms with E-state index in [9.17, 15) is 8.42 Å². The van der Waals surface area contributed by atoms with E-state index in [1.807, 2.05) is 12.1 Å². The Morgan fingerprint density at radius 1 is 0.962 bits per heavy atom. The number of fused-ring (bicyclic) bond motifs is 4. The zero-order valence-corrected chi connectivity index (χ0v) is 16.5. The van der Waals surface area contributed by atoms with Crippen molar-refractivity contribution in [2.75, 3.05) is 39.1 Å². The van der Waals surface area contributed by atoms with Crippen molar-refractivity contribution in [3.63, 3.8) is 0 Å². The molecule has 0 radical (unpaired) electrons. The first kappa shape index (κ1) is 18.4. The van der Waals surface area contributed by atoms with E-state index in [1.54, 1.807) is 12.1 Å². The molecule has 5 rings (SSSR count). The van der Waals surface area contributed by atoms with Crippen molar-refractivity contribution in [3.05, 3.63) is 29.8 Å². The third kappa shape index (κ3) is 4.14. The van der Waals surface area contributed by atoms with Crippen LogP contribution in [0, 0.1) is 5.92 Å². The van der Waals surface area contributed by atoms with E-state index >= 15 is 0 Å². The van der Waals surface area contributed by atoms with Gasteiger partial charge in [0.1, 0.15) is 0 Å². The minimum Gasteiger partial charge on any atom is -0.381 e. The van der Waals surface area contributed by atoms with Crippen LogP contribution >= 0.6 is 0 Å². The number of hydrogen-bond acceptors (Lipinski definition) is 5. The first-order valence-corrected chi connectivity index (χ1v) is 11.7. The van der Waals surface area contributed by atoms with Crippen molar-refractivity contribution in [2.24, 2.45) is 5.92 Å². The molecule has 4 fully saturated rings. The SMILES string of the molecule is CS(=O)(=O)c1ccc(CN2C[C@H]3CC[C@@H]2CN(C2CCOCC2)C3)cc1. The van der Waals surface area contributed by atoms with Gasteiger partial charge in [0.05, 0.1) is 4.90 Å². The highest BCUT2D eigenvalue weighted by molar-refractivity contribution is 7.90. The molecule has 144 valence electrons. The molecule has 4 saturated heterocycles. The van der Waals surface area contributed by atoms with Gasteiger partial charge in [0.2, 0.25) is 0 Å². The van der Waals surface area contributed by atoms with Crippen LogP contribution in [0.25, 0.3) is 0 Å². The standard InChI is InChI=1S/C20H30N2O3S/c1-26(23,24)20-6-3-16(4-7-20)12-21-13-17-2-5-19(21)15-22(14-17)18-8-10-25-11-9-18/h3-4,6-7,17-19H,2,5,8-15H2,1H3/t17-,19-/m1/s1. The number of piperidine rings is 1. The van der Waals surface area contributed by atoms with E-state index in [1.165, 1.54) is 50.6 Å². The zero-order valence-electron chi connectivity index (χ0n) is 15.6. The lowest BCUT2D eigenvalue weighted by molar-refractivity contribution is 0.0307. The summed E-state index contributed by atoms with van der Waals surface area (Å²) in [6, 6.07) is 8.76. The summed E-state index contributed by atoms with van der Waals surface area (Å²) in [6.45, 7) is 6.30. The molecule has 4 aliphatic heterocycles. The third-order valence-corrected chi connectivity index (χ3v) is 7.43. The fourth-order valence-electron chi connectivity index (χ4n) is 4.83. The van der Waals surface area contributed by atoms with Gasteiger partial charge in [0, 0.05) is 57.7 Å². The molecule has 1 aromatic rings. The molecule has 0 N–H and O–H groups in total. The minimum absolute atomic E-state index is 0.407. The van der Waals surface area contributed by atoms with Crippen LogP contribution in [0.1, 0.15) is 31.2 Å². The molecule has 5 nitrogen and oxygen atoms in total. The fraction of sp³-hybridized carbons (Fsp3) is 0.700. The van der Waals surface area contributed by atoms with Gasteiger partial charge in [-0.3, -0.25) is 9.80 Å². The van der Waals surface area contributed by atoms with Crippen LogP contribution in [0.15, 0.2) is 29.2 Å². The van der Waals surface area contributed by atoms with Gasteiger partial charge in [-0.1, -0.05) is 12.1 Å². The Bertz CT molecular complexity index is 713. The second kappa shape index (κ2) is 7.58. The quantitative estimate of drug-likeness (QED) is 0.804. The number of sulfone groups is 1. The topological polar surface area (TPSA) is 49.9 Å². The van der Waals surface area contributed by atoms with Crippen LogP contribution in [0.2, 0.25) is 0 Å². The molecular formula is C20H30N2O3S. The van der Waals surface area contributed by atoms with Crippen LogP contribution in [0.4, 0.5) is 0 Å². The average Bonchev–Trinajstić information content (AvgIpc) is 2.94. The Kier molecular flexibility index (Phi) is 5.37. The maximum absolute atomic E-state index is 11.6.